The van der Waals surface area contributed by atoms with Crippen molar-refractivity contribution in [2.75, 3.05) is 32.6 Å². The minimum Gasteiger partial charge on any atom is -0.508 e. The number of aromatic hydroxyl groups is 1. The van der Waals surface area contributed by atoms with Crippen molar-refractivity contribution in [3.63, 3.8) is 0 Å². The molecule has 1 aromatic rings. The molecule has 0 aromatic heterocycles. The third-order valence-electron chi connectivity index (χ3n) is 6.75. The van der Waals surface area contributed by atoms with E-state index in [1.807, 2.05) is 12.1 Å². The van der Waals surface area contributed by atoms with Gasteiger partial charge in [0, 0.05) is 30.3 Å². The van der Waals surface area contributed by atoms with Gasteiger partial charge in [-0.25, -0.2) is 4.79 Å². The second kappa shape index (κ2) is 7.22. The first-order valence-corrected chi connectivity index (χ1v) is 9.79. The van der Waals surface area contributed by atoms with Crippen LogP contribution in [-0.2, 0) is 24.5 Å². The van der Waals surface area contributed by atoms with Crippen molar-refractivity contribution < 1.29 is 24.2 Å². The first-order valence-electron chi connectivity index (χ1n) is 9.79. The Morgan fingerprint density at radius 1 is 1.41 bits per heavy atom. The number of ether oxygens (including phenoxy) is 2. The smallest absolute Gasteiger partial charge is 0.337 e. The fraction of sp³-hybridized carbons (Fsp3) is 0.455. The van der Waals surface area contributed by atoms with E-state index in [-0.39, 0.29) is 29.5 Å². The van der Waals surface area contributed by atoms with E-state index in [1.54, 1.807) is 12.1 Å². The number of rotatable bonds is 4. The standard InChI is InChI=1S/C22H26N2O5/c1-4-13-11-24-8-7-22(17-6-5-14(25)9-18(17)23-21(22)27)19(24)10-15(13)16(12-28-2)20(26)29-3/h4-6,9,12-13,15,19,25H,1,7-8,10-11H2,2-3H3,(H,23,27)/b16-12+/t13-,15-,19-,22-/m0/s1. The molecular weight excluding hydrogens is 372 g/mol. The quantitative estimate of drug-likeness (QED) is 0.350. The third kappa shape index (κ3) is 2.83. The summed E-state index contributed by atoms with van der Waals surface area (Å²) in [5, 5.41) is 12.8. The Bertz CT molecular complexity index is 895. The molecule has 0 saturated carbocycles. The lowest BCUT2D eigenvalue weighted by atomic mass is 9.68. The van der Waals surface area contributed by atoms with Crippen LogP contribution in [0.15, 0.2) is 42.7 Å². The van der Waals surface area contributed by atoms with Crippen molar-refractivity contribution in [2.24, 2.45) is 11.8 Å². The molecule has 7 nitrogen and oxygen atoms in total. The number of nitrogens with zero attached hydrogens (tertiary/aromatic N) is 1. The summed E-state index contributed by atoms with van der Waals surface area (Å²) in [5.41, 5.74) is 1.35. The lowest BCUT2D eigenvalue weighted by molar-refractivity contribution is -0.137. The molecule has 0 aliphatic carbocycles. The van der Waals surface area contributed by atoms with Gasteiger partial charge >= 0.3 is 5.97 Å². The predicted molar refractivity (Wildman–Crippen MR) is 107 cm³/mol. The zero-order valence-electron chi connectivity index (χ0n) is 16.7. The van der Waals surface area contributed by atoms with Crippen molar-refractivity contribution in [1.82, 2.24) is 4.90 Å². The number of amides is 1. The minimum absolute atomic E-state index is 0.0447. The number of carbonyl (C=O) groups is 2. The number of esters is 1. The van der Waals surface area contributed by atoms with Crippen LogP contribution in [0.25, 0.3) is 0 Å². The van der Waals surface area contributed by atoms with Gasteiger partial charge in [0.05, 0.1) is 31.5 Å². The highest BCUT2D eigenvalue weighted by molar-refractivity contribution is 6.07. The molecule has 2 saturated heterocycles. The summed E-state index contributed by atoms with van der Waals surface area (Å²) >= 11 is 0. The van der Waals surface area contributed by atoms with Gasteiger partial charge in [0.2, 0.25) is 5.91 Å². The molecular formula is C22H26N2O5. The lowest BCUT2D eigenvalue weighted by Gasteiger charge is -2.44. The molecule has 2 fully saturated rings. The summed E-state index contributed by atoms with van der Waals surface area (Å²) < 4.78 is 10.2. The maximum Gasteiger partial charge on any atom is 0.337 e. The van der Waals surface area contributed by atoms with Crippen molar-refractivity contribution >= 4 is 17.6 Å². The Morgan fingerprint density at radius 2 is 2.21 bits per heavy atom. The summed E-state index contributed by atoms with van der Waals surface area (Å²) in [5.74, 6) is -0.460. The molecule has 154 valence electrons. The van der Waals surface area contributed by atoms with Crippen LogP contribution in [0, 0.1) is 11.8 Å². The summed E-state index contributed by atoms with van der Waals surface area (Å²) in [6.45, 7) is 5.47. The maximum absolute atomic E-state index is 13.2. The Morgan fingerprint density at radius 3 is 2.90 bits per heavy atom. The zero-order valence-corrected chi connectivity index (χ0v) is 16.7. The average Bonchev–Trinajstić information content (AvgIpc) is 3.22. The minimum atomic E-state index is -0.693. The number of benzene rings is 1. The van der Waals surface area contributed by atoms with Gasteiger partial charge in [-0.15, -0.1) is 6.58 Å². The van der Waals surface area contributed by atoms with E-state index < -0.39 is 11.4 Å². The van der Waals surface area contributed by atoms with E-state index in [9.17, 15) is 14.7 Å². The van der Waals surface area contributed by atoms with Gasteiger partial charge in [-0.05, 0) is 36.9 Å². The predicted octanol–water partition coefficient (Wildman–Crippen LogP) is 2.18. The van der Waals surface area contributed by atoms with Gasteiger partial charge in [0.1, 0.15) is 5.75 Å². The van der Waals surface area contributed by atoms with Crippen LogP contribution in [0.5, 0.6) is 5.75 Å². The summed E-state index contributed by atoms with van der Waals surface area (Å²) in [6, 6.07) is 5.00. The number of phenols is 1. The Hall–Kier alpha value is -2.80. The van der Waals surface area contributed by atoms with E-state index in [1.165, 1.54) is 20.5 Å². The van der Waals surface area contributed by atoms with Gasteiger partial charge in [-0.2, -0.15) is 0 Å². The molecule has 3 aliphatic heterocycles. The SMILES string of the molecule is C=C[C@H]1CN2CC[C@@]3(C(=O)Nc4cc(O)ccc43)[C@@H]2C[C@@H]1/C(=C\OC)C(=O)OC. The molecule has 1 spiro atoms. The van der Waals surface area contributed by atoms with Gasteiger partial charge in [0.15, 0.2) is 0 Å². The second-order valence-corrected chi connectivity index (χ2v) is 7.96. The van der Waals surface area contributed by atoms with Crippen LogP contribution in [0.3, 0.4) is 0 Å². The number of hydrogen-bond acceptors (Lipinski definition) is 6. The molecule has 0 radical (unpaired) electrons. The van der Waals surface area contributed by atoms with E-state index in [2.05, 4.69) is 16.8 Å². The van der Waals surface area contributed by atoms with Crippen LogP contribution in [0.4, 0.5) is 5.69 Å². The summed E-state index contributed by atoms with van der Waals surface area (Å²) in [4.78, 5) is 28.0. The number of fused-ring (bicyclic) bond motifs is 4. The fourth-order valence-corrected chi connectivity index (χ4v) is 5.42. The van der Waals surface area contributed by atoms with Gasteiger partial charge in [-0.3, -0.25) is 9.69 Å². The number of hydrogen-bond donors (Lipinski definition) is 2. The van der Waals surface area contributed by atoms with Crippen molar-refractivity contribution in [3.05, 3.63) is 48.3 Å². The van der Waals surface area contributed by atoms with Gasteiger partial charge < -0.3 is 19.9 Å². The maximum atomic E-state index is 13.2. The highest BCUT2D eigenvalue weighted by Crippen LogP contribution is 2.53. The third-order valence-corrected chi connectivity index (χ3v) is 6.75. The Labute approximate surface area is 170 Å². The van der Waals surface area contributed by atoms with E-state index in [4.69, 9.17) is 9.47 Å². The molecule has 0 unspecified atom stereocenters. The molecule has 4 atom stereocenters. The largest absolute Gasteiger partial charge is 0.508 e. The van der Waals surface area contributed by atoms with E-state index in [0.717, 1.165) is 12.1 Å². The highest BCUT2D eigenvalue weighted by atomic mass is 16.5. The molecule has 1 amide bonds. The summed E-state index contributed by atoms with van der Waals surface area (Å²) in [7, 11) is 2.86. The first kappa shape index (κ1) is 19.5. The molecule has 1 aromatic carbocycles. The Balaban J connectivity index is 1.75. The molecule has 3 aliphatic rings. The highest BCUT2D eigenvalue weighted by Gasteiger charge is 2.60. The molecule has 29 heavy (non-hydrogen) atoms. The Kier molecular flexibility index (Phi) is 4.86. The first-order chi connectivity index (χ1) is 14.0. The normalized spacial score (nSPS) is 31.2. The van der Waals surface area contributed by atoms with E-state index >= 15 is 0 Å². The molecule has 2 N–H and O–H groups in total. The summed E-state index contributed by atoms with van der Waals surface area (Å²) in [6.07, 6.45) is 4.62. The monoisotopic (exact) mass is 398 g/mol. The van der Waals surface area contributed by atoms with E-state index in [0.29, 0.717) is 30.6 Å². The van der Waals surface area contributed by atoms with Crippen molar-refractivity contribution in [3.8, 4) is 5.75 Å². The molecule has 7 heteroatoms. The number of piperidine rings is 1. The van der Waals surface area contributed by atoms with Gasteiger partial charge in [-0.1, -0.05) is 12.1 Å². The topological polar surface area (TPSA) is 88.1 Å². The average molecular weight is 398 g/mol. The van der Waals surface area contributed by atoms with Crippen LogP contribution in [0.2, 0.25) is 0 Å². The fourth-order valence-electron chi connectivity index (χ4n) is 5.42. The van der Waals surface area contributed by atoms with Crippen LogP contribution >= 0.6 is 0 Å². The number of carbonyl (C=O) groups excluding carboxylic acids is 2. The van der Waals surface area contributed by atoms with Crippen LogP contribution in [-0.4, -0.2) is 55.2 Å². The lowest BCUT2D eigenvalue weighted by Crippen LogP contribution is -2.53. The molecule has 4 rings (SSSR count). The van der Waals surface area contributed by atoms with Crippen LogP contribution in [0.1, 0.15) is 18.4 Å². The number of phenolic OH excluding ortho intramolecular Hbond substituents is 1. The number of methoxy groups -OCH3 is 2. The molecule has 3 heterocycles. The van der Waals surface area contributed by atoms with Crippen molar-refractivity contribution in [2.45, 2.75) is 24.3 Å². The van der Waals surface area contributed by atoms with Gasteiger partial charge in [0.25, 0.3) is 0 Å². The number of anilines is 1. The zero-order chi connectivity index (χ0) is 20.8. The molecule has 0 bridgehead atoms. The van der Waals surface area contributed by atoms with Crippen LogP contribution < -0.4 is 5.32 Å². The second-order valence-electron chi connectivity index (χ2n) is 7.96. The van der Waals surface area contributed by atoms with Crippen molar-refractivity contribution in [1.29, 1.82) is 0 Å². The number of nitrogens with one attached hydrogen (secondary N) is 1.